The highest BCUT2D eigenvalue weighted by Crippen LogP contribution is 2.29. The third kappa shape index (κ3) is 5.86. The molecule has 8 nitrogen and oxygen atoms in total. The molecule has 33 heavy (non-hydrogen) atoms. The molecule has 0 N–H and O–H groups in total. The quantitative estimate of drug-likeness (QED) is 0.684. The summed E-state index contributed by atoms with van der Waals surface area (Å²) in [5.74, 6) is 0.954. The van der Waals surface area contributed by atoms with Crippen LogP contribution in [0.4, 0.5) is 0 Å². The van der Waals surface area contributed by atoms with Gasteiger partial charge >= 0.3 is 0 Å². The predicted octanol–water partition coefficient (Wildman–Crippen LogP) is 1.57. The van der Waals surface area contributed by atoms with Crippen molar-refractivity contribution in [1.82, 2.24) is 14.7 Å². The zero-order valence-corrected chi connectivity index (χ0v) is 19.8. The van der Waals surface area contributed by atoms with Gasteiger partial charge in [-0.3, -0.25) is 14.5 Å². The molecule has 1 aromatic carbocycles. The van der Waals surface area contributed by atoms with Crippen LogP contribution < -0.4 is 4.74 Å². The van der Waals surface area contributed by atoms with Gasteiger partial charge in [0.2, 0.25) is 5.91 Å². The fourth-order valence-corrected chi connectivity index (χ4v) is 4.97. The standard InChI is InChI=1S/C25H37N3O5/c1-2-27-13-17-32-22-9-4-3-7-21(22)8-5-6-10-25(24(27)30)20-28(14-18-33-25)23(29)19-26-11-15-31-16-12-26/h3-4,7,9H,2,5-6,8,10-20H2,1H3. The Labute approximate surface area is 196 Å². The topological polar surface area (TPSA) is 71.6 Å². The van der Waals surface area contributed by atoms with Crippen LogP contribution in [-0.4, -0.2) is 104 Å². The Morgan fingerprint density at radius 3 is 2.67 bits per heavy atom. The summed E-state index contributed by atoms with van der Waals surface area (Å²) in [6.45, 7) is 7.97. The molecule has 0 aliphatic carbocycles. The zero-order valence-electron chi connectivity index (χ0n) is 19.8. The number of carbonyl (C=O) groups is 2. The molecular weight excluding hydrogens is 422 g/mol. The van der Waals surface area contributed by atoms with Crippen molar-refractivity contribution in [2.45, 2.75) is 38.2 Å². The van der Waals surface area contributed by atoms with Gasteiger partial charge in [-0.25, -0.2) is 0 Å². The monoisotopic (exact) mass is 459 g/mol. The molecule has 0 bridgehead atoms. The smallest absolute Gasteiger partial charge is 0.256 e. The van der Waals surface area contributed by atoms with Gasteiger partial charge in [0.05, 0.1) is 39.5 Å². The lowest BCUT2D eigenvalue weighted by Gasteiger charge is -2.44. The molecule has 3 aliphatic rings. The molecule has 1 unspecified atom stereocenters. The average Bonchev–Trinajstić information content (AvgIpc) is 2.85. The number of hydrogen-bond acceptors (Lipinski definition) is 6. The summed E-state index contributed by atoms with van der Waals surface area (Å²) in [6, 6.07) is 8.14. The van der Waals surface area contributed by atoms with Crippen LogP contribution in [0, 0.1) is 0 Å². The molecule has 3 heterocycles. The summed E-state index contributed by atoms with van der Waals surface area (Å²) < 4.78 is 17.7. The molecule has 0 radical (unpaired) electrons. The molecule has 1 aromatic rings. The van der Waals surface area contributed by atoms with Gasteiger partial charge in [0, 0.05) is 26.2 Å². The lowest BCUT2D eigenvalue weighted by molar-refractivity contribution is -0.177. The van der Waals surface area contributed by atoms with E-state index in [0.717, 1.165) is 38.1 Å². The van der Waals surface area contributed by atoms with E-state index in [-0.39, 0.29) is 11.8 Å². The lowest BCUT2D eigenvalue weighted by Crippen LogP contribution is -2.62. The molecule has 1 atom stereocenters. The van der Waals surface area contributed by atoms with E-state index >= 15 is 0 Å². The average molecular weight is 460 g/mol. The second-order valence-electron chi connectivity index (χ2n) is 9.09. The normalized spacial score (nSPS) is 25.7. The van der Waals surface area contributed by atoms with Crippen molar-refractivity contribution in [3.05, 3.63) is 29.8 Å². The van der Waals surface area contributed by atoms with E-state index < -0.39 is 5.60 Å². The number of nitrogens with zero attached hydrogens (tertiary/aromatic N) is 3. The maximum atomic E-state index is 13.8. The van der Waals surface area contributed by atoms with Gasteiger partial charge in [0.25, 0.3) is 5.91 Å². The SMILES string of the molecule is CCN1CCOc2ccccc2CCCCC2(CN(C(=O)CN3CCOCC3)CCO2)C1=O. The Bertz CT molecular complexity index is 813. The number of amides is 2. The summed E-state index contributed by atoms with van der Waals surface area (Å²) in [4.78, 5) is 32.6. The van der Waals surface area contributed by atoms with Crippen LogP contribution in [0.1, 0.15) is 31.7 Å². The zero-order chi connectivity index (χ0) is 23.1. The highest BCUT2D eigenvalue weighted by Gasteiger charge is 2.46. The van der Waals surface area contributed by atoms with Crippen LogP contribution in [0.25, 0.3) is 0 Å². The Morgan fingerprint density at radius 2 is 1.85 bits per heavy atom. The summed E-state index contributed by atoms with van der Waals surface area (Å²) in [7, 11) is 0. The summed E-state index contributed by atoms with van der Waals surface area (Å²) in [5.41, 5.74) is 0.224. The van der Waals surface area contributed by atoms with Crippen molar-refractivity contribution in [2.75, 3.05) is 72.2 Å². The molecule has 1 spiro atoms. The van der Waals surface area contributed by atoms with E-state index in [1.807, 2.05) is 34.9 Å². The van der Waals surface area contributed by atoms with E-state index in [1.54, 1.807) is 0 Å². The van der Waals surface area contributed by atoms with E-state index in [9.17, 15) is 9.59 Å². The number of morpholine rings is 2. The van der Waals surface area contributed by atoms with Crippen molar-refractivity contribution < 1.29 is 23.8 Å². The van der Waals surface area contributed by atoms with E-state index in [1.165, 1.54) is 5.56 Å². The number of ether oxygens (including phenoxy) is 3. The second kappa shape index (κ2) is 11.3. The molecule has 2 fully saturated rings. The minimum atomic E-state index is -0.979. The van der Waals surface area contributed by atoms with Crippen molar-refractivity contribution in [3.63, 3.8) is 0 Å². The van der Waals surface area contributed by atoms with Crippen molar-refractivity contribution in [3.8, 4) is 5.75 Å². The number of aryl methyl sites for hydroxylation is 1. The Morgan fingerprint density at radius 1 is 1.03 bits per heavy atom. The first-order chi connectivity index (χ1) is 16.1. The minimum absolute atomic E-state index is 0.0219. The third-order valence-electron chi connectivity index (χ3n) is 6.93. The first-order valence-electron chi connectivity index (χ1n) is 12.3. The van der Waals surface area contributed by atoms with Gasteiger partial charge in [0.1, 0.15) is 12.4 Å². The molecule has 4 rings (SSSR count). The predicted molar refractivity (Wildman–Crippen MR) is 124 cm³/mol. The fourth-order valence-electron chi connectivity index (χ4n) is 4.97. The van der Waals surface area contributed by atoms with Crippen molar-refractivity contribution in [1.29, 1.82) is 0 Å². The van der Waals surface area contributed by atoms with E-state index in [2.05, 4.69) is 11.0 Å². The van der Waals surface area contributed by atoms with Gasteiger partial charge in [-0.1, -0.05) is 18.2 Å². The molecule has 3 aliphatic heterocycles. The maximum absolute atomic E-state index is 13.8. The number of benzene rings is 1. The number of hydrogen-bond donors (Lipinski definition) is 0. The number of fused-ring (bicyclic) bond motifs is 1. The van der Waals surface area contributed by atoms with Crippen LogP contribution in [0.3, 0.4) is 0 Å². The number of para-hydroxylation sites is 1. The Balaban J connectivity index is 1.48. The molecule has 8 heteroatoms. The largest absolute Gasteiger partial charge is 0.491 e. The highest BCUT2D eigenvalue weighted by atomic mass is 16.5. The van der Waals surface area contributed by atoms with Gasteiger partial charge in [-0.2, -0.15) is 0 Å². The van der Waals surface area contributed by atoms with Crippen molar-refractivity contribution >= 4 is 11.8 Å². The third-order valence-corrected chi connectivity index (χ3v) is 6.93. The van der Waals surface area contributed by atoms with Crippen LogP contribution in [0.5, 0.6) is 5.75 Å². The Kier molecular flexibility index (Phi) is 8.22. The van der Waals surface area contributed by atoms with Gasteiger partial charge in [0.15, 0.2) is 5.60 Å². The van der Waals surface area contributed by atoms with Gasteiger partial charge in [-0.15, -0.1) is 0 Å². The van der Waals surface area contributed by atoms with Crippen LogP contribution >= 0.6 is 0 Å². The minimum Gasteiger partial charge on any atom is -0.491 e. The van der Waals surface area contributed by atoms with E-state index in [0.29, 0.717) is 65.6 Å². The summed E-state index contributed by atoms with van der Waals surface area (Å²) >= 11 is 0. The molecule has 0 aromatic heterocycles. The van der Waals surface area contributed by atoms with Gasteiger partial charge in [-0.05, 0) is 44.2 Å². The summed E-state index contributed by atoms with van der Waals surface area (Å²) in [5, 5.41) is 0. The first-order valence-corrected chi connectivity index (χ1v) is 12.3. The lowest BCUT2D eigenvalue weighted by atomic mass is 9.91. The molecule has 182 valence electrons. The van der Waals surface area contributed by atoms with Crippen molar-refractivity contribution in [2.24, 2.45) is 0 Å². The molecule has 0 saturated carbocycles. The van der Waals surface area contributed by atoms with Crippen LogP contribution in [0.2, 0.25) is 0 Å². The Hall–Kier alpha value is -2.16. The summed E-state index contributed by atoms with van der Waals surface area (Å²) in [6.07, 6.45) is 3.31. The fraction of sp³-hybridized carbons (Fsp3) is 0.680. The number of carbonyl (C=O) groups excluding carboxylic acids is 2. The maximum Gasteiger partial charge on any atom is 0.256 e. The van der Waals surface area contributed by atoms with Gasteiger partial charge < -0.3 is 24.0 Å². The second-order valence-corrected chi connectivity index (χ2v) is 9.09. The van der Waals surface area contributed by atoms with E-state index in [4.69, 9.17) is 14.2 Å². The molecular formula is C25H37N3O5. The van der Waals surface area contributed by atoms with Crippen LogP contribution in [0.15, 0.2) is 24.3 Å². The first kappa shape index (κ1) is 24.0. The number of likely N-dealkylation sites (N-methyl/N-ethyl adjacent to an activating group) is 1. The van der Waals surface area contributed by atoms with Crippen LogP contribution in [-0.2, 0) is 25.5 Å². The molecule has 2 amide bonds. The molecule has 2 saturated heterocycles. The highest BCUT2D eigenvalue weighted by molar-refractivity contribution is 5.87. The number of rotatable bonds is 3.